The van der Waals surface area contributed by atoms with E-state index in [2.05, 4.69) is 10.3 Å². The smallest absolute Gasteiger partial charge is 0.416 e. The van der Waals surface area contributed by atoms with Gasteiger partial charge < -0.3 is 10.1 Å². The van der Waals surface area contributed by atoms with Crippen LogP contribution in [0.2, 0.25) is 0 Å². The zero-order chi connectivity index (χ0) is 21.0. The van der Waals surface area contributed by atoms with E-state index in [0.29, 0.717) is 13.0 Å². The van der Waals surface area contributed by atoms with E-state index in [-0.39, 0.29) is 23.1 Å². The maximum absolute atomic E-state index is 13.4. The number of amides is 1. The Kier molecular flexibility index (Phi) is 6.25. The zero-order valence-corrected chi connectivity index (χ0v) is 16.2. The summed E-state index contributed by atoms with van der Waals surface area (Å²) in [6.45, 7) is 4.18. The van der Waals surface area contributed by atoms with Gasteiger partial charge in [0.2, 0.25) is 0 Å². The molecule has 0 saturated heterocycles. The van der Waals surface area contributed by atoms with Gasteiger partial charge in [-0.1, -0.05) is 50.2 Å². The van der Waals surface area contributed by atoms with Crippen LogP contribution in [0.4, 0.5) is 13.2 Å². The molecule has 0 fully saturated rings. The Bertz CT molecular complexity index is 873. The van der Waals surface area contributed by atoms with Crippen LogP contribution >= 0.6 is 0 Å². The van der Waals surface area contributed by atoms with Gasteiger partial charge in [-0.3, -0.25) is 9.79 Å². The summed E-state index contributed by atoms with van der Waals surface area (Å²) in [5, 5.41) is 2.80. The third kappa shape index (κ3) is 5.82. The number of benzene rings is 2. The van der Waals surface area contributed by atoms with E-state index in [4.69, 9.17) is 4.74 Å². The van der Waals surface area contributed by atoms with Gasteiger partial charge in [-0.05, 0) is 35.6 Å². The predicted octanol–water partition coefficient (Wildman–Crippen LogP) is 4.94. The Hall–Kier alpha value is -2.83. The third-order valence-electron chi connectivity index (χ3n) is 4.51. The van der Waals surface area contributed by atoms with Crippen LogP contribution in [0.25, 0.3) is 0 Å². The summed E-state index contributed by atoms with van der Waals surface area (Å²) in [6.07, 6.45) is -3.56. The van der Waals surface area contributed by atoms with Crippen molar-refractivity contribution in [2.24, 2.45) is 10.9 Å². The van der Waals surface area contributed by atoms with Crippen LogP contribution < -0.4 is 10.1 Å². The molecule has 1 aliphatic heterocycles. The molecule has 2 aromatic rings. The molecule has 2 atom stereocenters. The van der Waals surface area contributed by atoms with E-state index in [0.717, 1.165) is 11.6 Å². The quantitative estimate of drug-likeness (QED) is 0.678. The minimum Gasteiger partial charge on any atom is -0.481 e. The first-order valence-corrected chi connectivity index (χ1v) is 9.47. The molecular weight excluding hydrogens is 381 g/mol. The summed E-state index contributed by atoms with van der Waals surface area (Å²) in [6, 6.07) is 12.6. The van der Waals surface area contributed by atoms with Gasteiger partial charge in [0.25, 0.3) is 5.91 Å². The number of hydrogen-bond donors (Lipinski definition) is 1. The first-order valence-electron chi connectivity index (χ1n) is 9.47. The molecule has 0 bridgehead atoms. The molecule has 4 nitrogen and oxygen atoms in total. The van der Waals surface area contributed by atoms with Crippen molar-refractivity contribution >= 4 is 12.1 Å². The highest BCUT2D eigenvalue weighted by Gasteiger charge is 2.37. The second kappa shape index (κ2) is 8.68. The van der Waals surface area contributed by atoms with Crippen molar-refractivity contribution < 1.29 is 22.7 Å². The van der Waals surface area contributed by atoms with Gasteiger partial charge in [-0.15, -0.1) is 0 Å². The largest absolute Gasteiger partial charge is 0.481 e. The van der Waals surface area contributed by atoms with Gasteiger partial charge in [-0.25, -0.2) is 0 Å². The number of nitrogens with zero attached hydrogens (tertiary/aromatic N) is 1. The first kappa shape index (κ1) is 20.9. The van der Waals surface area contributed by atoms with Crippen LogP contribution in [0.5, 0.6) is 5.75 Å². The standard InChI is InChI=1S/C22H23F3N2O2/c1-14(2)10-20(21(28)27-12-15-6-4-3-5-7-15)29-16-8-9-17(19-13-26-19)18(11-16)22(23,24)25/h3-9,11,13-14,19-20H,10,12H2,1-2H3,(H,27,28)/t19?,20-/m1/s1. The van der Waals surface area contributed by atoms with Crippen molar-refractivity contribution in [1.29, 1.82) is 0 Å². The molecule has 0 radical (unpaired) electrons. The van der Waals surface area contributed by atoms with Crippen LogP contribution in [0.3, 0.4) is 0 Å². The minimum absolute atomic E-state index is 0.0160. The normalized spacial score (nSPS) is 16.6. The average Bonchev–Trinajstić information content (AvgIpc) is 3.50. The summed E-state index contributed by atoms with van der Waals surface area (Å²) in [5.41, 5.74) is 0.238. The lowest BCUT2D eigenvalue weighted by Gasteiger charge is -2.22. The van der Waals surface area contributed by atoms with Gasteiger partial charge in [0.05, 0.1) is 5.56 Å². The highest BCUT2D eigenvalue weighted by atomic mass is 19.4. The number of ether oxygens (including phenoxy) is 1. The van der Waals surface area contributed by atoms with Crippen molar-refractivity contribution in [3.63, 3.8) is 0 Å². The molecular formula is C22H23F3N2O2. The lowest BCUT2D eigenvalue weighted by molar-refractivity contribution is -0.138. The maximum atomic E-state index is 13.4. The molecule has 1 unspecified atom stereocenters. The molecule has 7 heteroatoms. The second-order valence-electron chi connectivity index (χ2n) is 7.43. The van der Waals surface area contributed by atoms with Gasteiger partial charge in [0, 0.05) is 12.8 Å². The monoisotopic (exact) mass is 404 g/mol. The average molecular weight is 404 g/mol. The molecule has 1 N–H and O–H groups in total. The highest BCUT2D eigenvalue weighted by Crippen LogP contribution is 2.40. The van der Waals surface area contributed by atoms with E-state index >= 15 is 0 Å². The number of alkyl halides is 3. The molecule has 0 aliphatic carbocycles. The molecule has 29 heavy (non-hydrogen) atoms. The fourth-order valence-electron chi connectivity index (χ4n) is 3.02. The Morgan fingerprint density at radius 1 is 1.17 bits per heavy atom. The molecule has 2 aromatic carbocycles. The number of halogens is 3. The molecule has 3 rings (SSSR count). The second-order valence-corrected chi connectivity index (χ2v) is 7.43. The van der Waals surface area contributed by atoms with Crippen molar-refractivity contribution in [2.45, 2.75) is 45.1 Å². The van der Waals surface area contributed by atoms with Crippen molar-refractivity contribution in [3.05, 3.63) is 65.2 Å². The molecule has 0 spiro atoms. The Labute approximate surface area is 167 Å². The summed E-state index contributed by atoms with van der Waals surface area (Å²) in [5.74, 6) is -0.211. The van der Waals surface area contributed by atoms with Crippen LogP contribution in [0.1, 0.15) is 43.0 Å². The fraction of sp³-hybridized carbons (Fsp3) is 0.364. The van der Waals surface area contributed by atoms with E-state index in [9.17, 15) is 18.0 Å². The molecule has 154 valence electrons. The van der Waals surface area contributed by atoms with Gasteiger partial charge >= 0.3 is 6.18 Å². The zero-order valence-electron chi connectivity index (χ0n) is 16.2. The van der Waals surface area contributed by atoms with Crippen molar-refractivity contribution in [1.82, 2.24) is 5.32 Å². The number of carbonyl (C=O) groups excluding carboxylic acids is 1. The van der Waals surface area contributed by atoms with Crippen LogP contribution in [-0.2, 0) is 17.5 Å². The number of hydrogen-bond acceptors (Lipinski definition) is 3. The van der Waals surface area contributed by atoms with E-state index in [1.165, 1.54) is 18.3 Å². The minimum atomic E-state index is -4.52. The fourth-order valence-corrected chi connectivity index (χ4v) is 3.02. The maximum Gasteiger partial charge on any atom is 0.416 e. The third-order valence-corrected chi connectivity index (χ3v) is 4.51. The lowest BCUT2D eigenvalue weighted by Crippen LogP contribution is -2.39. The predicted molar refractivity (Wildman–Crippen MR) is 105 cm³/mol. The number of aliphatic imine (C=N–C) groups is 1. The molecule has 0 saturated carbocycles. The van der Waals surface area contributed by atoms with Crippen LogP contribution in [-0.4, -0.2) is 18.2 Å². The summed E-state index contributed by atoms with van der Waals surface area (Å²) >= 11 is 0. The van der Waals surface area contributed by atoms with E-state index < -0.39 is 23.9 Å². The topological polar surface area (TPSA) is 50.7 Å². The van der Waals surface area contributed by atoms with E-state index in [1.807, 2.05) is 44.2 Å². The SMILES string of the molecule is CC(C)C[C@@H](Oc1ccc(C2C=N2)c(C(F)(F)F)c1)C(=O)NCc1ccccc1. The Morgan fingerprint density at radius 3 is 2.45 bits per heavy atom. The van der Waals surface area contributed by atoms with Crippen LogP contribution in [0, 0.1) is 5.92 Å². The summed E-state index contributed by atoms with van der Waals surface area (Å²) in [7, 11) is 0. The molecule has 1 heterocycles. The lowest BCUT2D eigenvalue weighted by atomic mass is 10.0. The molecule has 1 amide bonds. The van der Waals surface area contributed by atoms with Crippen molar-refractivity contribution in [2.75, 3.05) is 0 Å². The Morgan fingerprint density at radius 2 is 1.86 bits per heavy atom. The van der Waals surface area contributed by atoms with Crippen molar-refractivity contribution in [3.8, 4) is 5.75 Å². The summed E-state index contributed by atoms with van der Waals surface area (Å²) < 4.78 is 46.0. The number of nitrogens with one attached hydrogen (secondary N) is 1. The number of rotatable bonds is 8. The molecule has 0 aromatic heterocycles. The first-order chi connectivity index (χ1) is 13.7. The number of carbonyl (C=O) groups is 1. The summed E-state index contributed by atoms with van der Waals surface area (Å²) in [4.78, 5) is 16.5. The highest BCUT2D eigenvalue weighted by molar-refractivity contribution is 5.81. The van der Waals surface area contributed by atoms with Gasteiger partial charge in [0.1, 0.15) is 11.8 Å². The van der Waals surface area contributed by atoms with Gasteiger partial charge in [-0.2, -0.15) is 13.2 Å². The van der Waals surface area contributed by atoms with Gasteiger partial charge in [0.15, 0.2) is 6.10 Å². The van der Waals surface area contributed by atoms with E-state index in [1.54, 1.807) is 0 Å². The van der Waals surface area contributed by atoms with Crippen LogP contribution in [0.15, 0.2) is 53.5 Å². The Balaban J connectivity index is 1.74. The molecule has 1 aliphatic rings.